The number of hydrogen-bond acceptors (Lipinski definition) is 4. The van der Waals surface area contributed by atoms with Crippen molar-refractivity contribution >= 4 is 23.5 Å². The molecule has 0 aliphatic carbocycles. The van der Waals surface area contributed by atoms with Crippen molar-refractivity contribution in [2.75, 3.05) is 18.1 Å². The average molecular weight is 196 g/mol. The predicted octanol–water partition coefficient (Wildman–Crippen LogP) is 1.17. The molecule has 0 amide bonds. The summed E-state index contributed by atoms with van der Waals surface area (Å²) in [5, 5.41) is 18.0. The average Bonchev–Trinajstić information content (AvgIpc) is 2.03. The molecule has 0 aliphatic rings. The Hall–Kier alpha value is 0.620. The first-order valence-electron chi connectivity index (χ1n) is 3.78. The maximum absolute atomic E-state index is 9.29. The van der Waals surface area contributed by atoms with Gasteiger partial charge >= 0.3 is 0 Å². The summed E-state index contributed by atoms with van der Waals surface area (Å²) < 4.78 is 0.134. The maximum atomic E-state index is 9.29. The highest BCUT2D eigenvalue weighted by Gasteiger charge is 2.17. The third-order valence-corrected chi connectivity index (χ3v) is 3.93. The van der Waals surface area contributed by atoms with Gasteiger partial charge in [-0.1, -0.05) is 13.8 Å². The molecule has 1 atom stereocenters. The third-order valence-electron chi connectivity index (χ3n) is 1.16. The Balaban J connectivity index is 3.66. The van der Waals surface area contributed by atoms with Crippen molar-refractivity contribution in [3.8, 4) is 0 Å². The minimum absolute atomic E-state index is 0.134. The van der Waals surface area contributed by atoms with Gasteiger partial charge in [0.15, 0.2) is 0 Å². The minimum atomic E-state index is -0.579. The largest absolute Gasteiger partial charge is 0.394 e. The summed E-state index contributed by atoms with van der Waals surface area (Å²) in [4.78, 5) is 0. The SMILES string of the molecule is CCSC(SCC)[C@H](O)CO. The van der Waals surface area contributed by atoms with Crippen LogP contribution in [0.2, 0.25) is 0 Å². The summed E-state index contributed by atoms with van der Waals surface area (Å²) in [6, 6.07) is 0. The quantitative estimate of drug-likeness (QED) is 0.626. The van der Waals surface area contributed by atoms with Crippen molar-refractivity contribution in [1.82, 2.24) is 0 Å². The molecule has 0 unspecified atom stereocenters. The molecule has 0 rings (SSSR count). The molecule has 11 heavy (non-hydrogen) atoms. The van der Waals surface area contributed by atoms with Crippen LogP contribution in [-0.4, -0.2) is 39.0 Å². The van der Waals surface area contributed by atoms with Crippen LogP contribution in [0.25, 0.3) is 0 Å². The van der Waals surface area contributed by atoms with E-state index in [2.05, 4.69) is 13.8 Å². The molecule has 0 aliphatic heterocycles. The summed E-state index contributed by atoms with van der Waals surface area (Å²) in [6.07, 6.45) is -0.579. The van der Waals surface area contributed by atoms with Crippen molar-refractivity contribution in [2.24, 2.45) is 0 Å². The number of aliphatic hydroxyl groups excluding tert-OH is 2. The van der Waals surface area contributed by atoms with Crippen LogP contribution in [0, 0.1) is 0 Å². The normalized spacial score (nSPS) is 13.9. The fraction of sp³-hybridized carbons (Fsp3) is 1.00. The molecule has 4 heteroatoms. The second-order valence-corrected chi connectivity index (χ2v) is 5.16. The summed E-state index contributed by atoms with van der Waals surface area (Å²) in [7, 11) is 0. The summed E-state index contributed by atoms with van der Waals surface area (Å²) in [5.41, 5.74) is 0. The van der Waals surface area contributed by atoms with Crippen molar-refractivity contribution < 1.29 is 10.2 Å². The second kappa shape index (κ2) is 7.28. The van der Waals surface area contributed by atoms with Crippen molar-refractivity contribution in [2.45, 2.75) is 24.5 Å². The van der Waals surface area contributed by atoms with E-state index in [0.29, 0.717) is 0 Å². The van der Waals surface area contributed by atoms with Crippen LogP contribution in [0.3, 0.4) is 0 Å². The van der Waals surface area contributed by atoms with E-state index in [1.165, 1.54) is 0 Å². The lowest BCUT2D eigenvalue weighted by atomic mass is 10.4. The molecular formula is C7H16O2S2. The Bertz CT molecular complexity index is 84.5. The highest BCUT2D eigenvalue weighted by Crippen LogP contribution is 2.26. The molecule has 0 aromatic heterocycles. The van der Waals surface area contributed by atoms with Crippen LogP contribution in [0.1, 0.15) is 13.8 Å². The van der Waals surface area contributed by atoms with Gasteiger partial charge in [-0.2, -0.15) is 0 Å². The molecular weight excluding hydrogens is 180 g/mol. The van der Waals surface area contributed by atoms with Gasteiger partial charge in [-0.3, -0.25) is 0 Å². The van der Waals surface area contributed by atoms with Crippen LogP contribution in [-0.2, 0) is 0 Å². The molecule has 0 saturated heterocycles. The summed E-state index contributed by atoms with van der Waals surface area (Å²) in [6.45, 7) is 3.97. The Labute approximate surface area is 76.8 Å². The van der Waals surface area contributed by atoms with E-state index < -0.39 is 6.10 Å². The van der Waals surface area contributed by atoms with Crippen molar-refractivity contribution in [3.05, 3.63) is 0 Å². The van der Waals surface area contributed by atoms with Gasteiger partial charge in [0.05, 0.1) is 17.3 Å². The maximum Gasteiger partial charge on any atom is 0.0980 e. The molecule has 0 aromatic rings. The lowest BCUT2D eigenvalue weighted by Gasteiger charge is -2.18. The van der Waals surface area contributed by atoms with E-state index >= 15 is 0 Å². The zero-order valence-corrected chi connectivity index (χ0v) is 8.62. The molecule has 2 N–H and O–H groups in total. The lowest BCUT2D eigenvalue weighted by molar-refractivity contribution is 0.108. The first kappa shape index (κ1) is 11.6. The fourth-order valence-corrected chi connectivity index (χ4v) is 3.16. The monoisotopic (exact) mass is 196 g/mol. The smallest absolute Gasteiger partial charge is 0.0980 e. The molecule has 0 radical (unpaired) electrons. The van der Waals surface area contributed by atoms with Gasteiger partial charge in [-0.25, -0.2) is 0 Å². The first-order valence-corrected chi connectivity index (χ1v) is 5.88. The fourth-order valence-electron chi connectivity index (χ4n) is 0.685. The lowest BCUT2D eigenvalue weighted by Crippen LogP contribution is -2.24. The Morgan fingerprint density at radius 2 is 1.64 bits per heavy atom. The number of aliphatic hydroxyl groups is 2. The van der Waals surface area contributed by atoms with E-state index in [9.17, 15) is 5.11 Å². The Kier molecular flexibility index (Phi) is 7.69. The molecule has 2 nitrogen and oxygen atoms in total. The first-order chi connectivity index (χ1) is 5.26. The predicted molar refractivity (Wildman–Crippen MR) is 53.1 cm³/mol. The van der Waals surface area contributed by atoms with Crippen LogP contribution < -0.4 is 0 Å². The van der Waals surface area contributed by atoms with Crippen LogP contribution in [0.5, 0.6) is 0 Å². The second-order valence-electron chi connectivity index (χ2n) is 2.03. The molecule has 0 saturated carbocycles. The highest BCUT2D eigenvalue weighted by atomic mass is 32.2. The van der Waals surface area contributed by atoms with Crippen LogP contribution >= 0.6 is 23.5 Å². The Morgan fingerprint density at radius 3 is 1.91 bits per heavy atom. The zero-order chi connectivity index (χ0) is 8.69. The van der Waals surface area contributed by atoms with Crippen LogP contribution in [0.4, 0.5) is 0 Å². The van der Waals surface area contributed by atoms with E-state index in [0.717, 1.165) is 11.5 Å². The van der Waals surface area contributed by atoms with E-state index in [1.54, 1.807) is 23.5 Å². The van der Waals surface area contributed by atoms with Crippen LogP contribution in [0.15, 0.2) is 0 Å². The molecule has 0 aromatic carbocycles. The summed E-state index contributed by atoms with van der Waals surface area (Å²) in [5.74, 6) is 1.96. The molecule has 0 fully saturated rings. The highest BCUT2D eigenvalue weighted by molar-refractivity contribution is 8.17. The van der Waals surface area contributed by atoms with Gasteiger partial charge in [0.2, 0.25) is 0 Å². The van der Waals surface area contributed by atoms with E-state index in [1.807, 2.05) is 0 Å². The summed E-state index contributed by atoms with van der Waals surface area (Å²) >= 11 is 3.37. The standard InChI is InChI=1S/C7H16O2S2/c1-3-10-7(11-4-2)6(9)5-8/h6-9H,3-5H2,1-2H3/t6-/m1/s1. The molecule has 0 bridgehead atoms. The van der Waals surface area contributed by atoms with Gasteiger partial charge in [0, 0.05) is 0 Å². The number of thioether (sulfide) groups is 2. The van der Waals surface area contributed by atoms with Crippen molar-refractivity contribution in [3.63, 3.8) is 0 Å². The molecule has 0 heterocycles. The minimum Gasteiger partial charge on any atom is -0.394 e. The Morgan fingerprint density at radius 1 is 1.18 bits per heavy atom. The van der Waals surface area contributed by atoms with Crippen molar-refractivity contribution in [1.29, 1.82) is 0 Å². The van der Waals surface area contributed by atoms with Gasteiger partial charge in [-0.15, -0.1) is 23.5 Å². The van der Waals surface area contributed by atoms with E-state index in [4.69, 9.17) is 5.11 Å². The molecule has 68 valence electrons. The number of rotatable bonds is 6. The van der Waals surface area contributed by atoms with Gasteiger partial charge < -0.3 is 10.2 Å². The molecule has 0 spiro atoms. The zero-order valence-electron chi connectivity index (χ0n) is 6.99. The third kappa shape index (κ3) is 4.95. The van der Waals surface area contributed by atoms with Gasteiger partial charge in [0.1, 0.15) is 0 Å². The van der Waals surface area contributed by atoms with Gasteiger partial charge in [-0.05, 0) is 11.5 Å². The van der Waals surface area contributed by atoms with Gasteiger partial charge in [0.25, 0.3) is 0 Å². The topological polar surface area (TPSA) is 40.5 Å². The number of hydrogen-bond donors (Lipinski definition) is 2. The van der Waals surface area contributed by atoms with E-state index in [-0.39, 0.29) is 11.2 Å².